The highest BCUT2D eigenvalue weighted by atomic mass is 16.6. The van der Waals surface area contributed by atoms with E-state index in [9.17, 15) is 15.0 Å². The topological polar surface area (TPSA) is 138 Å². The number of carbonyl (C=O) groups is 1. The lowest BCUT2D eigenvalue weighted by molar-refractivity contribution is -0.0520. The summed E-state index contributed by atoms with van der Waals surface area (Å²) in [6, 6.07) is 8.81. The number of aromatic nitrogens is 2. The maximum Gasteiger partial charge on any atom is 0.256 e. The Morgan fingerprint density at radius 2 is 2.13 bits per heavy atom. The average molecular weight is 431 g/mol. The average Bonchev–Trinajstić information content (AvgIpc) is 3.36. The predicted molar refractivity (Wildman–Crippen MR) is 111 cm³/mol. The molecule has 3 heterocycles. The van der Waals surface area contributed by atoms with Gasteiger partial charge in [0.05, 0.1) is 26.5 Å². The van der Waals surface area contributed by atoms with Crippen molar-refractivity contribution in [2.24, 2.45) is 0 Å². The molecule has 1 saturated heterocycles. The van der Waals surface area contributed by atoms with Gasteiger partial charge < -0.3 is 40.0 Å². The van der Waals surface area contributed by atoms with E-state index in [4.69, 9.17) is 14.2 Å². The summed E-state index contributed by atoms with van der Waals surface area (Å²) >= 11 is 0. The minimum absolute atomic E-state index is 0.256. The molecule has 1 aromatic heterocycles. The summed E-state index contributed by atoms with van der Waals surface area (Å²) in [5.41, 5.74) is 1.04. The maximum atomic E-state index is 12.5. The number of nitrogens with one attached hydrogen (secondary N) is 2. The van der Waals surface area contributed by atoms with Gasteiger partial charge in [0.1, 0.15) is 30.3 Å². The highest BCUT2D eigenvalue weighted by Crippen LogP contribution is 2.39. The molecule has 0 aliphatic carbocycles. The number of hydrogen-bond donors (Lipinski definition) is 4. The van der Waals surface area contributed by atoms with E-state index in [1.807, 2.05) is 6.07 Å². The van der Waals surface area contributed by atoms with Crippen LogP contribution < -0.4 is 15.5 Å². The number of hydrogen-bond acceptors (Lipinski definition) is 10. The third-order valence-electron chi connectivity index (χ3n) is 5.19. The van der Waals surface area contributed by atoms with Crippen molar-refractivity contribution in [3.63, 3.8) is 0 Å². The Balaban J connectivity index is 1.55. The van der Waals surface area contributed by atoms with Gasteiger partial charge in [0.25, 0.3) is 5.91 Å². The van der Waals surface area contributed by atoms with Crippen molar-refractivity contribution >= 4 is 23.2 Å². The molecule has 0 saturated carbocycles. The van der Waals surface area contributed by atoms with E-state index in [-0.39, 0.29) is 19.1 Å². The summed E-state index contributed by atoms with van der Waals surface area (Å²) in [6.45, 7) is 0.554. The van der Waals surface area contributed by atoms with Crippen molar-refractivity contribution < 1.29 is 29.2 Å². The molecule has 2 aliphatic heterocycles. The lowest BCUT2D eigenvalue weighted by Crippen LogP contribution is -2.46. The number of carbonyl (C=O) groups excluding carboxylic acids is 1. The lowest BCUT2D eigenvalue weighted by atomic mass is 10.1. The first kappa shape index (κ1) is 21.4. The molecule has 4 unspecified atom stereocenters. The zero-order chi connectivity index (χ0) is 21.8. The molecule has 0 bridgehead atoms. The van der Waals surface area contributed by atoms with Gasteiger partial charge in [-0.25, -0.2) is 9.97 Å². The number of fused-ring (bicyclic) bond motifs is 1. The Hall–Kier alpha value is -2.83. The van der Waals surface area contributed by atoms with E-state index >= 15 is 0 Å². The van der Waals surface area contributed by atoms with E-state index in [0.717, 1.165) is 0 Å². The second-order valence-electron chi connectivity index (χ2n) is 7.11. The molecule has 4 atom stereocenters. The standard InChI is InChI=1S/C20H25N5O6/c1-29-7-8-30-16-15(27)13(9-26)31-20(16)25-11-23-14-17(21-10-22-18(14)25)24-19(28)12-5-3-2-4-6-12/h2-6,10,13,15-16,20,23,26-27H,7-9,11H2,1H3,(H,21,22,24,28). The zero-order valence-corrected chi connectivity index (χ0v) is 17.0. The maximum absolute atomic E-state index is 12.5. The molecule has 4 rings (SSSR count). The summed E-state index contributed by atoms with van der Waals surface area (Å²) < 4.78 is 16.7. The predicted octanol–water partition coefficient (Wildman–Crippen LogP) is 0.0280. The van der Waals surface area contributed by atoms with E-state index in [0.29, 0.717) is 36.2 Å². The van der Waals surface area contributed by atoms with Gasteiger partial charge in [0.15, 0.2) is 17.9 Å². The first-order valence-electron chi connectivity index (χ1n) is 9.91. The highest BCUT2D eigenvalue weighted by Gasteiger charge is 2.49. The van der Waals surface area contributed by atoms with Crippen molar-refractivity contribution in [3.8, 4) is 0 Å². The van der Waals surface area contributed by atoms with Crippen LogP contribution in [0.15, 0.2) is 36.7 Å². The second kappa shape index (κ2) is 9.54. The number of nitrogens with zero attached hydrogens (tertiary/aromatic N) is 3. The smallest absolute Gasteiger partial charge is 0.256 e. The van der Waals surface area contributed by atoms with Crippen LogP contribution in [0.1, 0.15) is 10.4 Å². The van der Waals surface area contributed by atoms with Crippen LogP contribution in [0.3, 0.4) is 0 Å². The first-order chi connectivity index (χ1) is 15.1. The molecule has 11 heteroatoms. The third-order valence-corrected chi connectivity index (χ3v) is 5.19. The van der Waals surface area contributed by atoms with Gasteiger partial charge in [-0.05, 0) is 12.1 Å². The Bertz CT molecular complexity index is 901. The van der Waals surface area contributed by atoms with E-state index in [2.05, 4.69) is 20.6 Å². The van der Waals surface area contributed by atoms with Crippen molar-refractivity contribution in [2.75, 3.05) is 49.1 Å². The molecule has 0 radical (unpaired) electrons. The number of methoxy groups -OCH3 is 1. The van der Waals surface area contributed by atoms with Crippen LogP contribution in [0.4, 0.5) is 17.3 Å². The Morgan fingerprint density at radius 1 is 1.32 bits per heavy atom. The molecule has 1 aromatic carbocycles. The number of benzene rings is 1. The summed E-state index contributed by atoms with van der Waals surface area (Å²) in [6.07, 6.45) is -1.90. The molecule has 166 valence electrons. The molecule has 4 N–H and O–H groups in total. The second-order valence-corrected chi connectivity index (χ2v) is 7.11. The molecule has 1 fully saturated rings. The monoisotopic (exact) mass is 431 g/mol. The lowest BCUT2D eigenvalue weighted by Gasteiger charge is -2.29. The van der Waals surface area contributed by atoms with Crippen LogP contribution >= 0.6 is 0 Å². The van der Waals surface area contributed by atoms with E-state index in [1.54, 1.807) is 36.3 Å². The van der Waals surface area contributed by atoms with Crippen molar-refractivity contribution in [1.29, 1.82) is 0 Å². The number of aliphatic hydroxyl groups is 2. The minimum atomic E-state index is -1.02. The van der Waals surface area contributed by atoms with Gasteiger partial charge in [-0.1, -0.05) is 18.2 Å². The van der Waals surface area contributed by atoms with Gasteiger partial charge in [-0.2, -0.15) is 0 Å². The number of aliphatic hydroxyl groups excluding tert-OH is 2. The van der Waals surface area contributed by atoms with Crippen LogP contribution in [-0.4, -0.2) is 84.2 Å². The molecule has 11 nitrogen and oxygen atoms in total. The fourth-order valence-corrected chi connectivity index (χ4v) is 3.64. The minimum Gasteiger partial charge on any atom is -0.394 e. The molecule has 1 amide bonds. The van der Waals surface area contributed by atoms with Crippen LogP contribution in [0.25, 0.3) is 0 Å². The number of anilines is 3. The van der Waals surface area contributed by atoms with Crippen LogP contribution in [0, 0.1) is 0 Å². The number of amides is 1. The highest BCUT2D eigenvalue weighted by molar-refractivity contribution is 6.06. The fourth-order valence-electron chi connectivity index (χ4n) is 3.64. The third kappa shape index (κ3) is 4.31. The number of rotatable bonds is 8. The van der Waals surface area contributed by atoms with E-state index < -0.39 is 24.5 Å². The summed E-state index contributed by atoms with van der Waals surface area (Å²) in [5, 5.41) is 26.1. The molecular weight excluding hydrogens is 406 g/mol. The van der Waals surface area contributed by atoms with Gasteiger partial charge in [0.2, 0.25) is 0 Å². The van der Waals surface area contributed by atoms with Gasteiger partial charge in [-0.3, -0.25) is 4.79 Å². The van der Waals surface area contributed by atoms with Crippen molar-refractivity contribution in [2.45, 2.75) is 24.5 Å². The normalized spacial score (nSPS) is 24.7. The fraction of sp³-hybridized carbons (Fsp3) is 0.450. The quantitative estimate of drug-likeness (QED) is 0.423. The number of ether oxygens (including phenoxy) is 3. The SMILES string of the molecule is COCCOC1C(O)C(CO)OC1N1CNc2c(NC(=O)c3ccccc3)ncnc21. The van der Waals surface area contributed by atoms with Gasteiger partial charge >= 0.3 is 0 Å². The molecule has 0 spiro atoms. The largest absolute Gasteiger partial charge is 0.394 e. The van der Waals surface area contributed by atoms with Gasteiger partial charge in [-0.15, -0.1) is 0 Å². The molecule has 2 aromatic rings. The Labute approximate surface area is 179 Å². The summed E-state index contributed by atoms with van der Waals surface area (Å²) in [7, 11) is 1.56. The summed E-state index contributed by atoms with van der Waals surface area (Å²) in [5.74, 6) is 0.528. The van der Waals surface area contributed by atoms with Crippen LogP contribution in [-0.2, 0) is 14.2 Å². The summed E-state index contributed by atoms with van der Waals surface area (Å²) in [4.78, 5) is 22.8. The van der Waals surface area contributed by atoms with Crippen molar-refractivity contribution in [1.82, 2.24) is 9.97 Å². The van der Waals surface area contributed by atoms with Crippen molar-refractivity contribution in [3.05, 3.63) is 42.2 Å². The van der Waals surface area contributed by atoms with Crippen LogP contribution in [0.2, 0.25) is 0 Å². The zero-order valence-electron chi connectivity index (χ0n) is 17.0. The molecule has 31 heavy (non-hydrogen) atoms. The molecular formula is C20H25N5O6. The Morgan fingerprint density at radius 3 is 2.87 bits per heavy atom. The molecule has 2 aliphatic rings. The van der Waals surface area contributed by atoms with Gasteiger partial charge in [0, 0.05) is 12.7 Å². The van der Waals surface area contributed by atoms with E-state index in [1.165, 1.54) is 6.33 Å². The Kier molecular flexibility index (Phi) is 6.59. The van der Waals surface area contributed by atoms with Crippen LogP contribution in [0.5, 0.6) is 0 Å². The first-order valence-corrected chi connectivity index (χ1v) is 9.91.